The first kappa shape index (κ1) is 21.9. The summed E-state index contributed by atoms with van der Waals surface area (Å²) in [6.45, 7) is 2.38. The number of benzene rings is 2. The molecule has 0 fully saturated rings. The van der Waals surface area contributed by atoms with Crippen molar-refractivity contribution in [2.45, 2.75) is 13.5 Å². The van der Waals surface area contributed by atoms with Crippen LogP contribution in [0.4, 0.5) is 5.82 Å². The molecule has 7 heteroatoms. The van der Waals surface area contributed by atoms with E-state index in [1.807, 2.05) is 66.1 Å². The van der Waals surface area contributed by atoms with Crippen LogP contribution in [0.2, 0.25) is 5.02 Å². The lowest BCUT2D eigenvalue weighted by molar-refractivity contribution is 0.0528. The Kier molecular flexibility index (Phi) is 6.73. The maximum absolute atomic E-state index is 12.2. The van der Waals surface area contributed by atoms with Gasteiger partial charge in [-0.25, -0.2) is 9.78 Å². The zero-order valence-electron chi connectivity index (χ0n) is 17.4. The van der Waals surface area contributed by atoms with Gasteiger partial charge in [0.25, 0.3) is 0 Å². The predicted octanol–water partition coefficient (Wildman–Crippen LogP) is 6.46. The molecule has 162 valence electrons. The molecule has 2 aromatic carbocycles. The molecule has 0 aliphatic rings. The van der Waals surface area contributed by atoms with Gasteiger partial charge in [0, 0.05) is 22.2 Å². The third-order valence-corrected chi connectivity index (χ3v) is 6.10. The van der Waals surface area contributed by atoms with Gasteiger partial charge in [0.05, 0.1) is 16.9 Å². The zero-order valence-corrected chi connectivity index (χ0v) is 19.0. The second-order valence-corrected chi connectivity index (χ2v) is 8.30. The smallest absolute Gasteiger partial charge is 0.341 e. The Morgan fingerprint density at radius 1 is 1.16 bits per heavy atom. The van der Waals surface area contributed by atoms with Crippen molar-refractivity contribution in [2.75, 3.05) is 12.3 Å². The SMILES string of the molecule is CCOC(=O)c1cnc(N)c2c(COc3cccc(C=Cc4ccc(Cl)cc4)c3)csc12. The van der Waals surface area contributed by atoms with E-state index in [1.165, 1.54) is 17.5 Å². The summed E-state index contributed by atoms with van der Waals surface area (Å²) in [5.41, 5.74) is 9.48. The molecular formula is C25H21ClN2O3S. The Balaban J connectivity index is 1.51. The number of nitrogen functional groups attached to an aromatic ring is 1. The lowest BCUT2D eigenvalue weighted by Gasteiger charge is -2.08. The molecule has 0 atom stereocenters. The number of nitrogens with two attached hydrogens (primary N) is 1. The normalized spacial score (nSPS) is 11.2. The van der Waals surface area contributed by atoms with Crippen molar-refractivity contribution in [3.63, 3.8) is 0 Å². The van der Waals surface area contributed by atoms with Gasteiger partial charge in [-0.05, 0) is 47.7 Å². The molecule has 0 saturated heterocycles. The average molecular weight is 465 g/mol. The van der Waals surface area contributed by atoms with Gasteiger partial charge < -0.3 is 15.2 Å². The summed E-state index contributed by atoms with van der Waals surface area (Å²) in [4.78, 5) is 16.4. The van der Waals surface area contributed by atoms with Gasteiger partial charge in [0.1, 0.15) is 18.2 Å². The number of carbonyl (C=O) groups is 1. The van der Waals surface area contributed by atoms with Crippen molar-refractivity contribution in [3.05, 3.63) is 87.4 Å². The highest BCUT2D eigenvalue weighted by atomic mass is 35.5. The lowest BCUT2D eigenvalue weighted by atomic mass is 10.1. The maximum Gasteiger partial charge on any atom is 0.341 e. The monoisotopic (exact) mass is 464 g/mol. The average Bonchev–Trinajstić information content (AvgIpc) is 3.23. The second kappa shape index (κ2) is 9.85. The van der Waals surface area contributed by atoms with E-state index >= 15 is 0 Å². The summed E-state index contributed by atoms with van der Waals surface area (Å²) in [6.07, 6.45) is 5.50. The van der Waals surface area contributed by atoms with Crippen LogP contribution in [0.25, 0.3) is 22.2 Å². The number of fused-ring (bicyclic) bond motifs is 1. The van der Waals surface area contributed by atoms with E-state index in [9.17, 15) is 4.79 Å². The highest BCUT2D eigenvalue weighted by molar-refractivity contribution is 7.17. The Bertz CT molecular complexity index is 1280. The fraction of sp³-hybridized carbons (Fsp3) is 0.120. The fourth-order valence-corrected chi connectivity index (χ4v) is 4.41. The van der Waals surface area contributed by atoms with Crippen LogP contribution in [-0.4, -0.2) is 17.6 Å². The van der Waals surface area contributed by atoms with Gasteiger partial charge in [0.15, 0.2) is 0 Å². The molecule has 0 saturated carbocycles. The number of ether oxygens (including phenoxy) is 2. The van der Waals surface area contributed by atoms with Crippen LogP contribution in [0.5, 0.6) is 5.75 Å². The molecule has 0 aliphatic carbocycles. The summed E-state index contributed by atoms with van der Waals surface area (Å²) < 4.78 is 11.9. The molecule has 0 amide bonds. The summed E-state index contributed by atoms with van der Waals surface area (Å²) in [7, 11) is 0. The first-order valence-corrected chi connectivity index (χ1v) is 11.3. The zero-order chi connectivity index (χ0) is 22.5. The van der Waals surface area contributed by atoms with E-state index in [0.717, 1.165) is 32.5 Å². The standard InChI is InChI=1S/C25H21ClN2O3S/c1-2-30-25(29)21-13-28-24(27)22-18(15-32-23(21)22)14-31-20-5-3-4-17(12-20)7-6-16-8-10-19(26)11-9-16/h3-13,15H,2,14H2,1H3,(H2,27,28). The molecule has 2 aromatic heterocycles. The number of pyridine rings is 1. The van der Waals surface area contributed by atoms with Crippen molar-refractivity contribution in [2.24, 2.45) is 0 Å². The number of halogens is 1. The molecule has 0 aliphatic heterocycles. The largest absolute Gasteiger partial charge is 0.489 e. The van der Waals surface area contributed by atoms with Gasteiger partial charge in [-0.15, -0.1) is 11.3 Å². The molecule has 5 nitrogen and oxygen atoms in total. The third kappa shape index (κ3) is 4.93. The van der Waals surface area contributed by atoms with Crippen LogP contribution in [-0.2, 0) is 11.3 Å². The Labute approximate surface area is 195 Å². The number of carbonyl (C=O) groups excluding carboxylic acids is 1. The van der Waals surface area contributed by atoms with Crippen LogP contribution in [0.15, 0.2) is 60.1 Å². The maximum atomic E-state index is 12.2. The minimum absolute atomic E-state index is 0.300. The molecule has 32 heavy (non-hydrogen) atoms. The van der Waals surface area contributed by atoms with E-state index in [4.69, 9.17) is 26.8 Å². The fourth-order valence-electron chi connectivity index (χ4n) is 3.23. The van der Waals surface area contributed by atoms with Crippen LogP contribution in [0.3, 0.4) is 0 Å². The molecule has 4 aromatic rings. The second-order valence-electron chi connectivity index (χ2n) is 6.99. The highest BCUT2D eigenvalue weighted by Crippen LogP contribution is 2.33. The summed E-state index contributed by atoms with van der Waals surface area (Å²) in [6, 6.07) is 15.5. The van der Waals surface area contributed by atoms with E-state index < -0.39 is 5.97 Å². The molecule has 0 bridgehead atoms. The Morgan fingerprint density at radius 2 is 1.94 bits per heavy atom. The molecule has 0 radical (unpaired) electrons. The van der Waals surface area contributed by atoms with E-state index in [2.05, 4.69) is 4.98 Å². The Morgan fingerprint density at radius 3 is 2.72 bits per heavy atom. The topological polar surface area (TPSA) is 74.4 Å². The number of esters is 1. The van der Waals surface area contributed by atoms with Crippen molar-refractivity contribution < 1.29 is 14.3 Å². The molecule has 0 spiro atoms. The summed E-state index contributed by atoms with van der Waals surface area (Å²) in [5, 5.41) is 3.39. The summed E-state index contributed by atoms with van der Waals surface area (Å²) >= 11 is 7.37. The van der Waals surface area contributed by atoms with Gasteiger partial charge in [-0.2, -0.15) is 0 Å². The van der Waals surface area contributed by atoms with Crippen molar-refractivity contribution in [3.8, 4) is 5.75 Å². The van der Waals surface area contributed by atoms with Gasteiger partial charge in [-0.1, -0.05) is 48.0 Å². The molecule has 4 rings (SSSR count). The van der Waals surface area contributed by atoms with E-state index in [-0.39, 0.29) is 0 Å². The first-order valence-electron chi connectivity index (χ1n) is 10.0. The Hall–Kier alpha value is -3.35. The number of aromatic nitrogens is 1. The quantitative estimate of drug-likeness (QED) is 0.251. The minimum Gasteiger partial charge on any atom is -0.489 e. The van der Waals surface area contributed by atoms with Gasteiger partial charge >= 0.3 is 5.97 Å². The first-order chi connectivity index (χ1) is 15.5. The molecule has 2 N–H and O–H groups in total. The van der Waals surface area contributed by atoms with Gasteiger partial charge in [0.2, 0.25) is 0 Å². The summed E-state index contributed by atoms with van der Waals surface area (Å²) in [5.74, 6) is 0.697. The highest BCUT2D eigenvalue weighted by Gasteiger charge is 2.18. The predicted molar refractivity (Wildman–Crippen MR) is 131 cm³/mol. The lowest BCUT2D eigenvalue weighted by Crippen LogP contribution is -2.06. The van der Waals surface area contributed by atoms with E-state index in [0.29, 0.717) is 29.6 Å². The van der Waals surface area contributed by atoms with Crippen LogP contribution in [0, 0.1) is 0 Å². The number of hydrogen-bond donors (Lipinski definition) is 1. The third-order valence-electron chi connectivity index (χ3n) is 4.79. The van der Waals surface area contributed by atoms with Crippen molar-refractivity contribution in [1.29, 1.82) is 0 Å². The number of thiophene rings is 1. The molecule has 0 unspecified atom stereocenters. The van der Waals surface area contributed by atoms with Gasteiger partial charge in [-0.3, -0.25) is 0 Å². The minimum atomic E-state index is -0.403. The van der Waals surface area contributed by atoms with Crippen LogP contribution in [0.1, 0.15) is 34.0 Å². The number of hydrogen-bond acceptors (Lipinski definition) is 6. The van der Waals surface area contributed by atoms with Crippen molar-refractivity contribution >= 4 is 57.0 Å². The molecule has 2 heterocycles. The van der Waals surface area contributed by atoms with Crippen LogP contribution >= 0.6 is 22.9 Å². The van der Waals surface area contributed by atoms with Crippen LogP contribution < -0.4 is 10.5 Å². The number of nitrogens with zero attached hydrogens (tertiary/aromatic N) is 1. The van der Waals surface area contributed by atoms with Crippen molar-refractivity contribution in [1.82, 2.24) is 4.98 Å². The molecular weight excluding hydrogens is 444 g/mol. The number of rotatable bonds is 7. The number of anilines is 1. The van der Waals surface area contributed by atoms with E-state index in [1.54, 1.807) is 6.92 Å².